The normalized spacial score (nSPS) is 17.3. The Morgan fingerprint density at radius 2 is 2.03 bits per heavy atom. The molecule has 1 amide bonds. The molecule has 202 valence electrons. The van der Waals surface area contributed by atoms with Crippen molar-refractivity contribution in [3.05, 3.63) is 82.8 Å². The molecule has 0 saturated heterocycles. The largest absolute Gasteiger partial charge is 0.494 e. The van der Waals surface area contributed by atoms with Crippen LogP contribution in [-0.2, 0) is 13.0 Å². The number of ether oxygens (including phenoxy) is 1. The third-order valence-corrected chi connectivity index (χ3v) is 6.66. The monoisotopic (exact) mass is 517 g/mol. The average Bonchev–Trinajstić information content (AvgIpc) is 2.89. The van der Waals surface area contributed by atoms with Gasteiger partial charge < -0.3 is 25.8 Å². The fourth-order valence-electron chi connectivity index (χ4n) is 4.52. The summed E-state index contributed by atoms with van der Waals surface area (Å²) in [6, 6.07) is 15.0. The molecule has 4 rings (SSSR count). The molecule has 0 unspecified atom stereocenters. The van der Waals surface area contributed by atoms with Gasteiger partial charge in [-0.1, -0.05) is 26.0 Å². The first kappa shape index (κ1) is 27.5. The van der Waals surface area contributed by atoms with Crippen LogP contribution in [0.2, 0.25) is 0 Å². The van der Waals surface area contributed by atoms with Gasteiger partial charge in [-0.15, -0.1) is 0 Å². The molecule has 0 aliphatic carbocycles. The first-order valence-corrected chi connectivity index (χ1v) is 13.5. The Morgan fingerprint density at radius 3 is 2.87 bits per heavy atom. The van der Waals surface area contributed by atoms with Gasteiger partial charge in [-0.25, -0.2) is 4.98 Å². The van der Waals surface area contributed by atoms with Crippen LogP contribution >= 0.6 is 0 Å². The maximum atomic E-state index is 13.3. The molecular weight excluding hydrogens is 478 g/mol. The van der Waals surface area contributed by atoms with Crippen molar-refractivity contribution in [2.24, 2.45) is 0 Å². The Morgan fingerprint density at radius 1 is 1.16 bits per heavy atom. The quantitative estimate of drug-likeness (QED) is 0.392. The predicted octanol–water partition coefficient (Wildman–Crippen LogP) is 3.98. The third kappa shape index (κ3) is 8.00. The number of nitrogens with one attached hydrogen (secondary N) is 3. The molecule has 38 heavy (non-hydrogen) atoms. The van der Waals surface area contributed by atoms with E-state index in [9.17, 15) is 9.90 Å². The number of fused-ring (bicyclic) bond motifs is 4. The van der Waals surface area contributed by atoms with Gasteiger partial charge >= 0.3 is 0 Å². The van der Waals surface area contributed by atoms with Crippen LogP contribution in [0.25, 0.3) is 0 Å². The van der Waals surface area contributed by atoms with Crippen LogP contribution in [0.15, 0.2) is 54.7 Å². The number of hydrogen-bond acceptors (Lipinski definition) is 7. The maximum Gasteiger partial charge on any atom is 0.251 e. The molecule has 4 bridgehead atoms. The second kappa shape index (κ2) is 13.3. The van der Waals surface area contributed by atoms with Gasteiger partial charge in [-0.3, -0.25) is 9.78 Å². The zero-order valence-electron chi connectivity index (χ0n) is 22.5. The molecule has 2 atom stereocenters. The molecule has 8 heteroatoms. The number of aryl methyl sites for hydroxylation is 1. The zero-order chi connectivity index (χ0) is 26.9. The minimum Gasteiger partial charge on any atom is -0.494 e. The lowest BCUT2D eigenvalue weighted by Gasteiger charge is -2.25. The van der Waals surface area contributed by atoms with E-state index in [0.29, 0.717) is 43.4 Å². The first-order valence-electron chi connectivity index (χ1n) is 13.5. The van der Waals surface area contributed by atoms with Crippen LogP contribution < -0.4 is 20.7 Å². The van der Waals surface area contributed by atoms with Crippen molar-refractivity contribution in [3.8, 4) is 5.75 Å². The van der Waals surface area contributed by atoms with Gasteiger partial charge in [0.15, 0.2) is 0 Å². The number of pyridine rings is 2. The zero-order valence-corrected chi connectivity index (χ0v) is 22.5. The highest BCUT2D eigenvalue weighted by atomic mass is 16.5. The van der Waals surface area contributed by atoms with Crippen LogP contribution in [0.5, 0.6) is 5.75 Å². The van der Waals surface area contributed by atoms with Crippen molar-refractivity contribution < 1.29 is 14.6 Å². The number of hydrogen-bond donors (Lipinski definition) is 4. The number of aliphatic hydroxyl groups is 1. The molecule has 0 radical (unpaired) electrons. The maximum absolute atomic E-state index is 13.3. The lowest BCUT2D eigenvalue weighted by Crippen LogP contribution is -2.48. The van der Waals surface area contributed by atoms with Crippen molar-refractivity contribution in [1.82, 2.24) is 20.6 Å². The number of anilines is 1. The first-order chi connectivity index (χ1) is 18.4. The lowest BCUT2D eigenvalue weighted by molar-refractivity contribution is 0.0829. The van der Waals surface area contributed by atoms with Crippen molar-refractivity contribution in [2.75, 3.05) is 25.0 Å². The van der Waals surface area contributed by atoms with E-state index in [1.54, 1.807) is 12.1 Å². The molecule has 0 saturated carbocycles. The van der Waals surface area contributed by atoms with Crippen LogP contribution in [0, 0.1) is 6.92 Å². The number of aliphatic hydroxyl groups excluding tert-OH is 1. The summed E-state index contributed by atoms with van der Waals surface area (Å²) in [4.78, 5) is 22.3. The Bertz CT molecular complexity index is 1220. The van der Waals surface area contributed by atoms with Crippen molar-refractivity contribution in [1.29, 1.82) is 0 Å². The second-order valence-corrected chi connectivity index (χ2v) is 10.2. The van der Waals surface area contributed by atoms with Crippen molar-refractivity contribution in [2.45, 2.75) is 64.6 Å². The molecule has 3 aromatic rings. The van der Waals surface area contributed by atoms with E-state index >= 15 is 0 Å². The molecule has 4 N–H and O–H groups in total. The number of carbonyl (C=O) groups excluding carboxylic acids is 1. The van der Waals surface area contributed by atoms with Crippen LogP contribution in [0.1, 0.15) is 65.5 Å². The number of aromatic nitrogens is 2. The fourth-order valence-corrected chi connectivity index (χ4v) is 4.52. The summed E-state index contributed by atoms with van der Waals surface area (Å²) in [7, 11) is 0. The molecule has 8 nitrogen and oxygen atoms in total. The van der Waals surface area contributed by atoms with Gasteiger partial charge in [0, 0.05) is 37.1 Å². The second-order valence-electron chi connectivity index (χ2n) is 10.2. The summed E-state index contributed by atoms with van der Waals surface area (Å²) in [6.07, 6.45) is 3.28. The summed E-state index contributed by atoms with van der Waals surface area (Å²) in [5.41, 5.74) is 4.41. The van der Waals surface area contributed by atoms with Gasteiger partial charge in [-0.2, -0.15) is 0 Å². The number of rotatable bonds is 6. The lowest BCUT2D eigenvalue weighted by atomic mass is 10.00. The summed E-state index contributed by atoms with van der Waals surface area (Å²) in [5.74, 6) is 1.64. The predicted molar refractivity (Wildman–Crippen MR) is 150 cm³/mol. The summed E-state index contributed by atoms with van der Waals surface area (Å²) in [5, 5.41) is 20.9. The van der Waals surface area contributed by atoms with Crippen LogP contribution in [-0.4, -0.2) is 52.8 Å². The third-order valence-electron chi connectivity index (χ3n) is 6.66. The minimum atomic E-state index is -0.823. The van der Waals surface area contributed by atoms with Crippen LogP contribution in [0.3, 0.4) is 0 Å². The highest BCUT2D eigenvalue weighted by Gasteiger charge is 2.23. The molecule has 1 aliphatic heterocycles. The van der Waals surface area contributed by atoms with Gasteiger partial charge in [0.05, 0.1) is 24.4 Å². The Kier molecular flexibility index (Phi) is 9.67. The van der Waals surface area contributed by atoms with Crippen molar-refractivity contribution >= 4 is 11.7 Å². The molecule has 2 aromatic heterocycles. The van der Waals surface area contributed by atoms with Gasteiger partial charge in [-0.05, 0) is 79.6 Å². The Hall–Kier alpha value is -3.49. The average molecular weight is 518 g/mol. The molecule has 1 aliphatic rings. The van der Waals surface area contributed by atoms with Gasteiger partial charge in [0.1, 0.15) is 11.6 Å². The Labute approximate surface area is 225 Å². The minimum absolute atomic E-state index is 0.242. The number of nitrogens with zero attached hydrogens (tertiary/aromatic N) is 2. The Balaban J connectivity index is 1.51. The highest BCUT2D eigenvalue weighted by molar-refractivity contribution is 5.95. The SMILES string of the molecule is Cc1cc2cc(n1)NCCCCOc1cccc(c1)C[C@@H]([C@H](O)CNCc1cc(C(C)C)ccn1)NC2=O. The smallest absolute Gasteiger partial charge is 0.251 e. The molecule has 0 spiro atoms. The molecule has 0 fully saturated rings. The molecular formula is C30H39N5O3. The summed E-state index contributed by atoms with van der Waals surface area (Å²) < 4.78 is 5.95. The highest BCUT2D eigenvalue weighted by Crippen LogP contribution is 2.18. The van der Waals surface area contributed by atoms with E-state index in [2.05, 4.69) is 45.8 Å². The number of benzene rings is 1. The van der Waals surface area contributed by atoms with E-state index in [4.69, 9.17) is 4.74 Å². The van der Waals surface area contributed by atoms with Crippen LogP contribution in [0.4, 0.5) is 5.82 Å². The van der Waals surface area contributed by atoms with E-state index in [-0.39, 0.29) is 5.91 Å². The van der Waals surface area contributed by atoms with E-state index in [1.165, 1.54) is 5.56 Å². The van der Waals surface area contributed by atoms with E-state index < -0.39 is 12.1 Å². The van der Waals surface area contributed by atoms with E-state index in [1.807, 2.05) is 43.5 Å². The molecule has 1 aromatic carbocycles. The number of carbonyl (C=O) groups is 1. The van der Waals surface area contributed by atoms with E-state index in [0.717, 1.165) is 42.1 Å². The standard InChI is InChI=1S/C30H39N5O3/c1-20(2)23-9-11-32-25(16-23)18-31-19-28(36)27-15-22-7-6-8-26(14-22)38-12-5-4-10-33-29-17-24(30(37)35-27)13-21(3)34-29/h6-9,11,13-14,16-17,20,27-28,31,36H,4-5,10,12,15,18-19H2,1-3H3,(H,33,34)(H,35,37)/t27-,28+/m0/s1. The summed E-state index contributed by atoms with van der Waals surface area (Å²) in [6.45, 7) is 8.37. The molecule has 3 heterocycles. The van der Waals surface area contributed by atoms with Gasteiger partial charge in [0.25, 0.3) is 5.91 Å². The topological polar surface area (TPSA) is 108 Å². The van der Waals surface area contributed by atoms with Gasteiger partial charge in [0.2, 0.25) is 0 Å². The fraction of sp³-hybridized carbons (Fsp3) is 0.433. The van der Waals surface area contributed by atoms with Crippen molar-refractivity contribution in [3.63, 3.8) is 0 Å². The summed E-state index contributed by atoms with van der Waals surface area (Å²) >= 11 is 0. The number of amides is 1.